The molecule has 0 amide bonds. The third-order valence-electron chi connectivity index (χ3n) is 3.82. The maximum absolute atomic E-state index is 5.53. The second-order valence-electron chi connectivity index (χ2n) is 6.94. The van der Waals surface area contributed by atoms with Crippen LogP contribution in [0.1, 0.15) is 47.5 Å². The van der Waals surface area contributed by atoms with Crippen LogP contribution in [0.4, 0.5) is 0 Å². The first-order chi connectivity index (χ1) is 8.33. The molecular weight excluding hydrogens is 224 g/mol. The molecule has 0 aromatic carbocycles. The summed E-state index contributed by atoms with van der Waals surface area (Å²) in [5.41, 5.74) is 0.198. The highest BCUT2D eigenvalue weighted by atomic mass is 16.5. The van der Waals surface area contributed by atoms with Gasteiger partial charge in [-0.1, -0.05) is 13.8 Å². The minimum atomic E-state index is 0.198. The van der Waals surface area contributed by atoms with Crippen LogP contribution in [0.2, 0.25) is 0 Å². The molecular formula is C15H32N2O. The summed E-state index contributed by atoms with van der Waals surface area (Å²) in [6.07, 6.45) is 2.90. The minimum absolute atomic E-state index is 0.198. The maximum Gasteiger partial charge on any atom is 0.0698 e. The number of nitrogens with one attached hydrogen (secondary N) is 1. The number of likely N-dealkylation sites (tertiary alicyclic amines) is 1. The van der Waals surface area contributed by atoms with E-state index in [0.29, 0.717) is 18.1 Å². The summed E-state index contributed by atoms with van der Waals surface area (Å²) in [7, 11) is 1.84. The lowest BCUT2D eigenvalue weighted by molar-refractivity contribution is 0.00492. The van der Waals surface area contributed by atoms with Crippen LogP contribution < -0.4 is 5.32 Å². The molecule has 1 aliphatic heterocycles. The maximum atomic E-state index is 5.53. The van der Waals surface area contributed by atoms with Crippen molar-refractivity contribution in [3.05, 3.63) is 0 Å². The van der Waals surface area contributed by atoms with E-state index in [2.05, 4.69) is 44.8 Å². The lowest BCUT2D eigenvalue weighted by Gasteiger charge is -2.41. The first-order valence-corrected chi connectivity index (χ1v) is 7.35. The molecule has 1 aliphatic rings. The van der Waals surface area contributed by atoms with E-state index in [1.807, 2.05) is 7.11 Å². The Morgan fingerprint density at radius 3 is 2.50 bits per heavy atom. The van der Waals surface area contributed by atoms with Gasteiger partial charge in [0, 0.05) is 31.8 Å². The summed E-state index contributed by atoms with van der Waals surface area (Å²) in [6.45, 7) is 14.7. The fraction of sp³-hybridized carbons (Fsp3) is 1.00. The normalized spacial score (nSPS) is 24.5. The summed E-state index contributed by atoms with van der Waals surface area (Å²) >= 11 is 0. The molecule has 0 aliphatic carbocycles. The van der Waals surface area contributed by atoms with E-state index in [1.165, 1.54) is 19.4 Å². The number of hydrogen-bond donors (Lipinski definition) is 1. The van der Waals surface area contributed by atoms with E-state index in [0.717, 1.165) is 13.1 Å². The van der Waals surface area contributed by atoms with Crippen molar-refractivity contribution in [3.63, 3.8) is 0 Å². The Kier molecular flexibility index (Phi) is 6.09. The summed E-state index contributed by atoms with van der Waals surface area (Å²) in [6, 6.07) is 0.613. The van der Waals surface area contributed by atoms with Crippen molar-refractivity contribution in [2.75, 3.05) is 26.7 Å². The molecule has 3 heteroatoms. The van der Waals surface area contributed by atoms with Crippen molar-refractivity contribution in [3.8, 4) is 0 Å². The number of hydrogen-bond acceptors (Lipinski definition) is 3. The first kappa shape index (κ1) is 15.9. The number of ether oxygens (including phenoxy) is 1. The monoisotopic (exact) mass is 256 g/mol. The van der Waals surface area contributed by atoms with Crippen LogP contribution in [0.3, 0.4) is 0 Å². The SMILES string of the molecule is COC1CCCN(C(CNC(C)(C)C)C(C)C)C1. The largest absolute Gasteiger partial charge is 0.380 e. The quantitative estimate of drug-likeness (QED) is 0.818. The van der Waals surface area contributed by atoms with Crippen LogP contribution in [0, 0.1) is 5.92 Å². The van der Waals surface area contributed by atoms with E-state index in [9.17, 15) is 0 Å². The lowest BCUT2D eigenvalue weighted by Crippen LogP contribution is -2.53. The second-order valence-corrected chi connectivity index (χ2v) is 6.94. The van der Waals surface area contributed by atoms with Crippen molar-refractivity contribution in [1.29, 1.82) is 0 Å². The van der Waals surface area contributed by atoms with Gasteiger partial charge in [-0.3, -0.25) is 4.90 Å². The fourth-order valence-corrected chi connectivity index (χ4v) is 2.66. The Morgan fingerprint density at radius 2 is 2.00 bits per heavy atom. The van der Waals surface area contributed by atoms with E-state index in [4.69, 9.17) is 4.74 Å². The molecule has 108 valence electrons. The zero-order valence-corrected chi connectivity index (χ0v) is 13.1. The standard InChI is InChI=1S/C15H32N2O/c1-12(2)14(10-16-15(3,4)5)17-9-7-8-13(11-17)18-6/h12-14,16H,7-11H2,1-6H3. The van der Waals surface area contributed by atoms with Crippen LogP contribution in [0.5, 0.6) is 0 Å². The van der Waals surface area contributed by atoms with Gasteiger partial charge in [-0.05, 0) is 46.1 Å². The Hall–Kier alpha value is -0.120. The van der Waals surface area contributed by atoms with Gasteiger partial charge < -0.3 is 10.1 Å². The number of piperidine rings is 1. The highest BCUT2D eigenvalue weighted by molar-refractivity contribution is 4.85. The van der Waals surface area contributed by atoms with Gasteiger partial charge in [-0.15, -0.1) is 0 Å². The fourth-order valence-electron chi connectivity index (χ4n) is 2.66. The smallest absolute Gasteiger partial charge is 0.0698 e. The molecule has 18 heavy (non-hydrogen) atoms. The second kappa shape index (κ2) is 6.88. The zero-order chi connectivity index (χ0) is 13.8. The topological polar surface area (TPSA) is 24.5 Å². The van der Waals surface area contributed by atoms with Gasteiger partial charge in [0.2, 0.25) is 0 Å². The Labute approximate surface area is 113 Å². The third kappa shape index (κ3) is 5.25. The zero-order valence-electron chi connectivity index (χ0n) is 13.1. The molecule has 2 unspecified atom stereocenters. The van der Waals surface area contributed by atoms with Gasteiger partial charge in [0.1, 0.15) is 0 Å². The van der Waals surface area contributed by atoms with Crippen molar-refractivity contribution in [2.24, 2.45) is 5.92 Å². The van der Waals surface area contributed by atoms with Crippen molar-refractivity contribution in [1.82, 2.24) is 10.2 Å². The summed E-state index contributed by atoms with van der Waals surface area (Å²) in [4.78, 5) is 2.61. The van der Waals surface area contributed by atoms with Gasteiger partial charge in [-0.2, -0.15) is 0 Å². The molecule has 0 saturated carbocycles. The molecule has 1 rings (SSSR count). The van der Waals surface area contributed by atoms with Crippen LogP contribution in [-0.4, -0.2) is 49.3 Å². The van der Waals surface area contributed by atoms with Gasteiger partial charge in [0.15, 0.2) is 0 Å². The van der Waals surface area contributed by atoms with E-state index >= 15 is 0 Å². The molecule has 0 bridgehead atoms. The highest BCUT2D eigenvalue weighted by Crippen LogP contribution is 2.19. The number of nitrogens with zero attached hydrogens (tertiary/aromatic N) is 1. The molecule has 1 saturated heterocycles. The lowest BCUT2D eigenvalue weighted by atomic mass is 9.97. The summed E-state index contributed by atoms with van der Waals surface area (Å²) in [5.74, 6) is 0.676. The van der Waals surface area contributed by atoms with Crippen molar-refractivity contribution >= 4 is 0 Å². The van der Waals surface area contributed by atoms with E-state index < -0.39 is 0 Å². The number of rotatable bonds is 5. The predicted octanol–water partition coefficient (Wildman–Crippen LogP) is 2.51. The van der Waals surface area contributed by atoms with Crippen LogP contribution in [0.15, 0.2) is 0 Å². The molecule has 3 nitrogen and oxygen atoms in total. The summed E-state index contributed by atoms with van der Waals surface area (Å²) < 4.78 is 5.53. The molecule has 0 aromatic rings. The molecule has 2 atom stereocenters. The van der Waals surface area contributed by atoms with Crippen LogP contribution in [-0.2, 0) is 4.74 Å². The van der Waals surface area contributed by atoms with Gasteiger partial charge in [0.05, 0.1) is 6.10 Å². The predicted molar refractivity (Wildman–Crippen MR) is 78.0 cm³/mol. The molecule has 0 aromatic heterocycles. The van der Waals surface area contributed by atoms with E-state index in [-0.39, 0.29) is 5.54 Å². The number of methoxy groups -OCH3 is 1. The Bertz CT molecular complexity index is 235. The van der Waals surface area contributed by atoms with Crippen LogP contribution in [0.25, 0.3) is 0 Å². The molecule has 1 heterocycles. The van der Waals surface area contributed by atoms with Crippen LogP contribution >= 0.6 is 0 Å². The van der Waals surface area contributed by atoms with E-state index in [1.54, 1.807) is 0 Å². The highest BCUT2D eigenvalue weighted by Gasteiger charge is 2.28. The molecule has 0 radical (unpaired) electrons. The molecule has 1 fully saturated rings. The summed E-state index contributed by atoms with van der Waals surface area (Å²) in [5, 5.41) is 3.65. The molecule has 0 spiro atoms. The van der Waals surface area contributed by atoms with Gasteiger partial charge >= 0.3 is 0 Å². The minimum Gasteiger partial charge on any atom is -0.380 e. The average molecular weight is 256 g/mol. The average Bonchev–Trinajstić information content (AvgIpc) is 2.27. The van der Waals surface area contributed by atoms with Crippen molar-refractivity contribution in [2.45, 2.75) is 65.1 Å². The Morgan fingerprint density at radius 1 is 1.33 bits per heavy atom. The van der Waals surface area contributed by atoms with Gasteiger partial charge in [0.25, 0.3) is 0 Å². The molecule has 1 N–H and O–H groups in total. The third-order valence-corrected chi connectivity index (χ3v) is 3.82. The Balaban J connectivity index is 2.55. The van der Waals surface area contributed by atoms with Crippen molar-refractivity contribution < 1.29 is 4.74 Å². The van der Waals surface area contributed by atoms with Gasteiger partial charge in [-0.25, -0.2) is 0 Å². The first-order valence-electron chi connectivity index (χ1n) is 7.35.